The van der Waals surface area contributed by atoms with Crippen LogP contribution in [-0.2, 0) is 15.1 Å². The molecule has 2 N–H and O–H groups in total. The normalized spacial score (nSPS) is 14.1. The van der Waals surface area contributed by atoms with Gasteiger partial charge in [-0.3, -0.25) is 19.3 Å². The van der Waals surface area contributed by atoms with Gasteiger partial charge >= 0.3 is 11.9 Å². The molecule has 1 amide bonds. The molecule has 0 bridgehead atoms. The van der Waals surface area contributed by atoms with Crippen molar-refractivity contribution in [3.63, 3.8) is 0 Å². The second kappa shape index (κ2) is 13.8. The molecule has 5 rings (SSSR count). The van der Waals surface area contributed by atoms with E-state index in [9.17, 15) is 24.6 Å². The monoisotopic (exact) mass is 628 g/mol. The van der Waals surface area contributed by atoms with Gasteiger partial charge in [0, 0.05) is 72.9 Å². The number of nitrogens with zero attached hydrogens (tertiary/aromatic N) is 4. The molecule has 0 saturated carbocycles. The number of anilines is 2. The van der Waals surface area contributed by atoms with Crippen molar-refractivity contribution in [2.45, 2.75) is 46.1 Å². The minimum Gasteiger partial charge on any atom is -0.480 e. The molecule has 0 saturated heterocycles. The number of carboxylic acid groups (broad SMARTS) is 2. The van der Waals surface area contributed by atoms with E-state index in [0.717, 1.165) is 54.2 Å². The number of fused-ring (bicyclic) bond motifs is 6. The van der Waals surface area contributed by atoms with Gasteiger partial charge in [-0.1, -0.05) is 30.3 Å². The second-order valence-corrected chi connectivity index (χ2v) is 11.7. The maximum Gasteiger partial charge on any atom is 0.317 e. The summed E-state index contributed by atoms with van der Waals surface area (Å²) in [4.78, 5) is 44.9. The number of aliphatic carboxylic acids is 2. The number of ether oxygens (including phenoxy) is 1. The lowest BCUT2D eigenvalue weighted by atomic mass is 9.74. The highest BCUT2D eigenvalue weighted by atomic mass is 16.5. The molecule has 3 aromatic carbocycles. The lowest BCUT2D eigenvalue weighted by Crippen LogP contribution is -2.48. The first-order valence-corrected chi connectivity index (χ1v) is 16.2. The molecule has 0 fully saturated rings. The van der Waals surface area contributed by atoms with Crippen LogP contribution in [0.25, 0.3) is 0 Å². The third kappa shape index (κ3) is 5.89. The Hall–Kier alpha value is -4.57. The SMILES string of the molecule is CCN(CC)c1ccc2c(c1)Oc1cc(N(CC)CC)ccc1C21c2ccccc2C(=O)N1CCCCN(CC(=O)O)CC(=O)O. The quantitative estimate of drug-likeness (QED) is 0.211. The molecule has 2 heterocycles. The highest BCUT2D eigenvalue weighted by Gasteiger charge is 2.56. The average Bonchev–Trinajstić information content (AvgIpc) is 3.27. The highest BCUT2D eigenvalue weighted by molar-refractivity contribution is 6.02. The zero-order valence-corrected chi connectivity index (χ0v) is 27.2. The standard InChI is InChI=1S/C36H44N4O6/c1-5-38(6-2)25-15-17-29-31(21-25)46-32-22-26(39(7-3)8-4)16-18-30(32)36(29)28-14-10-9-13-27(28)35(45)40(36)20-12-11-19-37(23-33(41)42)24-34(43)44/h9-10,13-18,21-22H,5-8,11-12,19-20,23-24H2,1-4H3,(H,41,42)(H,43,44). The zero-order valence-electron chi connectivity index (χ0n) is 27.2. The predicted molar refractivity (Wildman–Crippen MR) is 178 cm³/mol. The molecule has 3 aromatic rings. The molecule has 46 heavy (non-hydrogen) atoms. The van der Waals surface area contributed by atoms with E-state index in [1.807, 2.05) is 29.2 Å². The Bertz CT molecular complexity index is 1520. The third-order valence-electron chi connectivity index (χ3n) is 9.21. The van der Waals surface area contributed by atoms with Gasteiger partial charge in [0.2, 0.25) is 0 Å². The van der Waals surface area contributed by atoms with Crippen LogP contribution >= 0.6 is 0 Å². The van der Waals surface area contributed by atoms with Gasteiger partial charge in [-0.25, -0.2) is 0 Å². The van der Waals surface area contributed by atoms with Crippen LogP contribution in [0, 0.1) is 0 Å². The molecule has 10 nitrogen and oxygen atoms in total. The van der Waals surface area contributed by atoms with E-state index in [1.165, 1.54) is 4.90 Å². The smallest absolute Gasteiger partial charge is 0.317 e. The summed E-state index contributed by atoms with van der Waals surface area (Å²) < 4.78 is 6.74. The minimum atomic E-state index is -1.08. The molecule has 0 aromatic heterocycles. The number of amides is 1. The van der Waals surface area contributed by atoms with Crippen LogP contribution in [0.15, 0.2) is 60.7 Å². The fourth-order valence-electron chi connectivity index (χ4n) is 7.10. The van der Waals surface area contributed by atoms with E-state index in [4.69, 9.17) is 4.74 Å². The molecule has 2 aliphatic heterocycles. The molecule has 1 spiro atoms. The Morgan fingerprint density at radius 1 is 0.739 bits per heavy atom. The highest BCUT2D eigenvalue weighted by Crippen LogP contribution is 2.58. The van der Waals surface area contributed by atoms with Gasteiger partial charge in [0.15, 0.2) is 0 Å². The second-order valence-electron chi connectivity index (χ2n) is 11.7. The summed E-state index contributed by atoms with van der Waals surface area (Å²) >= 11 is 0. The first-order chi connectivity index (χ1) is 22.2. The first kappa shape index (κ1) is 32.8. The van der Waals surface area contributed by atoms with Crippen LogP contribution in [-0.4, -0.2) is 90.2 Å². The Morgan fingerprint density at radius 2 is 1.26 bits per heavy atom. The molecule has 244 valence electrons. The van der Waals surface area contributed by atoms with Crippen LogP contribution in [0.2, 0.25) is 0 Å². The summed E-state index contributed by atoms with van der Waals surface area (Å²) in [5.74, 6) is -0.819. The van der Waals surface area contributed by atoms with E-state index in [0.29, 0.717) is 36.4 Å². The van der Waals surface area contributed by atoms with Gasteiger partial charge in [0.05, 0.1) is 13.1 Å². The summed E-state index contributed by atoms with van der Waals surface area (Å²) in [6.45, 7) is 11.8. The van der Waals surface area contributed by atoms with Crippen molar-refractivity contribution in [3.8, 4) is 11.5 Å². The van der Waals surface area contributed by atoms with Crippen molar-refractivity contribution in [3.05, 3.63) is 82.9 Å². The predicted octanol–water partition coefficient (Wildman–Crippen LogP) is 5.48. The summed E-state index contributed by atoms with van der Waals surface area (Å²) in [7, 11) is 0. The Kier molecular flexibility index (Phi) is 9.86. The van der Waals surface area contributed by atoms with Crippen LogP contribution in [0.4, 0.5) is 11.4 Å². The number of hydrogen-bond acceptors (Lipinski definition) is 7. The Labute approximate surface area is 270 Å². The first-order valence-electron chi connectivity index (χ1n) is 16.2. The number of rotatable bonds is 15. The average molecular weight is 629 g/mol. The van der Waals surface area contributed by atoms with Crippen molar-refractivity contribution < 1.29 is 29.3 Å². The third-order valence-corrected chi connectivity index (χ3v) is 9.21. The maximum atomic E-state index is 14.3. The van der Waals surface area contributed by atoms with Crippen molar-refractivity contribution in [2.24, 2.45) is 0 Å². The number of carbonyl (C=O) groups is 3. The zero-order chi connectivity index (χ0) is 33.0. The summed E-state index contributed by atoms with van der Waals surface area (Å²) in [6, 6.07) is 20.3. The molecule has 10 heteroatoms. The number of carboxylic acids is 2. The maximum absolute atomic E-state index is 14.3. The summed E-state index contributed by atoms with van der Waals surface area (Å²) in [5, 5.41) is 18.6. The van der Waals surface area contributed by atoms with Crippen LogP contribution in [0.3, 0.4) is 0 Å². The van der Waals surface area contributed by atoms with Crippen molar-refractivity contribution in [1.82, 2.24) is 9.80 Å². The van der Waals surface area contributed by atoms with Gasteiger partial charge in [-0.05, 0) is 70.8 Å². The number of benzene rings is 3. The molecule has 0 aliphatic carbocycles. The molecular weight excluding hydrogens is 584 g/mol. The molecule has 0 unspecified atom stereocenters. The minimum absolute atomic E-state index is 0.0806. The van der Waals surface area contributed by atoms with E-state index in [2.05, 4.69) is 73.9 Å². The summed E-state index contributed by atoms with van der Waals surface area (Å²) in [5.41, 5.74) is 4.47. The van der Waals surface area contributed by atoms with Crippen LogP contribution in [0.1, 0.15) is 67.6 Å². The van der Waals surface area contributed by atoms with Crippen molar-refractivity contribution in [2.75, 3.05) is 62.2 Å². The number of carbonyl (C=O) groups excluding carboxylic acids is 1. The van der Waals surface area contributed by atoms with Crippen molar-refractivity contribution in [1.29, 1.82) is 0 Å². The lowest BCUT2D eigenvalue weighted by molar-refractivity contribution is -0.141. The molecular formula is C36H44N4O6. The largest absolute Gasteiger partial charge is 0.480 e. The van der Waals surface area contributed by atoms with E-state index in [-0.39, 0.29) is 25.5 Å². The van der Waals surface area contributed by atoms with Crippen molar-refractivity contribution >= 4 is 29.2 Å². The van der Waals surface area contributed by atoms with Gasteiger partial charge in [-0.15, -0.1) is 0 Å². The summed E-state index contributed by atoms with van der Waals surface area (Å²) in [6.07, 6.45) is 1.08. The van der Waals surface area contributed by atoms with E-state index < -0.39 is 17.5 Å². The number of unbranched alkanes of at least 4 members (excludes halogenated alkanes) is 1. The van der Waals surface area contributed by atoms with Gasteiger partial charge < -0.3 is 29.6 Å². The molecule has 2 aliphatic rings. The van der Waals surface area contributed by atoms with Crippen LogP contribution < -0.4 is 14.5 Å². The van der Waals surface area contributed by atoms with E-state index in [1.54, 1.807) is 0 Å². The lowest BCUT2D eigenvalue weighted by Gasteiger charge is -2.45. The molecule has 0 radical (unpaired) electrons. The van der Waals surface area contributed by atoms with Gasteiger partial charge in [-0.2, -0.15) is 0 Å². The van der Waals surface area contributed by atoms with Crippen LogP contribution in [0.5, 0.6) is 11.5 Å². The Morgan fingerprint density at radius 3 is 1.76 bits per heavy atom. The fraction of sp³-hybridized carbons (Fsp3) is 0.417. The van der Waals surface area contributed by atoms with Gasteiger partial charge in [0.1, 0.15) is 17.0 Å². The van der Waals surface area contributed by atoms with E-state index >= 15 is 0 Å². The molecule has 0 atom stereocenters. The number of hydrogen-bond donors (Lipinski definition) is 2. The fourth-order valence-corrected chi connectivity index (χ4v) is 7.10. The van der Waals surface area contributed by atoms with Gasteiger partial charge in [0.25, 0.3) is 5.91 Å². The Balaban J connectivity index is 1.62. The topological polar surface area (TPSA) is 114 Å².